The van der Waals surface area contributed by atoms with E-state index in [9.17, 15) is 9.90 Å². The molecule has 82 valence electrons. The predicted molar refractivity (Wildman–Crippen MR) is 62.3 cm³/mol. The lowest BCUT2D eigenvalue weighted by Gasteiger charge is -2.10. The molecular formula is C11H9BrN2O2. The molecule has 1 aliphatic rings. The largest absolute Gasteiger partial charge is 0.481 e. The molecule has 1 saturated carbocycles. The molecule has 0 aliphatic heterocycles. The molecule has 1 aromatic heterocycles. The Kier molecular flexibility index (Phi) is 1.89. The summed E-state index contributed by atoms with van der Waals surface area (Å²) in [5.74, 6) is -0.751. The van der Waals surface area contributed by atoms with Crippen LogP contribution < -0.4 is 0 Å². The van der Waals surface area contributed by atoms with Crippen LogP contribution in [0.5, 0.6) is 0 Å². The van der Waals surface area contributed by atoms with E-state index in [0.717, 1.165) is 21.1 Å². The van der Waals surface area contributed by atoms with Gasteiger partial charge in [0.1, 0.15) is 4.60 Å². The molecule has 0 amide bonds. The number of rotatable bonds is 2. The van der Waals surface area contributed by atoms with Crippen molar-refractivity contribution in [3.63, 3.8) is 0 Å². The van der Waals surface area contributed by atoms with Crippen molar-refractivity contribution in [2.75, 3.05) is 0 Å². The Morgan fingerprint density at radius 3 is 2.88 bits per heavy atom. The summed E-state index contributed by atoms with van der Waals surface area (Å²) in [5.41, 5.74) is 0.877. The van der Waals surface area contributed by atoms with Crippen molar-refractivity contribution in [2.45, 2.75) is 18.3 Å². The highest BCUT2D eigenvalue weighted by atomic mass is 79.9. The van der Waals surface area contributed by atoms with Gasteiger partial charge in [0.25, 0.3) is 0 Å². The normalized spacial score (nSPS) is 17.6. The zero-order valence-corrected chi connectivity index (χ0v) is 9.91. The van der Waals surface area contributed by atoms with Gasteiger partial charge in [0.05, 0.1) is 10.9 Å². The number of carboxylic acids is 1. The quantitative estimate of drug-likeness (QED) is 0.888. The molecule has 2 N–H and O–H groups in total. The first-order valence-electron chi connectivity index (χ1n) is 5.02. The number of para-hydroxylation sites is 1. The third kappa shape index (κ3) is 1.15. The van der Waals surface area contributed by atoms with Gasteiger partial charge in [-0.15, -0.1) is 0 Å². The number of hydrogen-bond acceptors (Lipinski definition) is 2. The number of carbonyl (C=O) groups is 1. The van der Waals surface area contributed by atoms with E-state index in [4.69, 9.17) is 0 Å². The monoisotopic (exact) mass is 280 g/mol. The van der Waals surface area contributed by atoms with Crippen LogP contribution in [0.3, 0.4) is 0 Å². The minimum absolute atomic E-state index is 0.700. The fraction of sp³-hybridized carbons (Fsp3) is 0.273. The van der Waals surface area contributed by atoms with Gasteiger partial charge in [-0.3, -0.25) is 9.89 Å². The highest BCUT2D eigenvalue weighted by Crippen LogP contribution is 2.50. The molecule has 0 unspecified atom stereocenters. The average molecular weight is 281 g/mol. The van der Waals surface area contributed by atoms with Gasteiger partial charge in [0.2, 0.25) is 0 Å². The summed E-state index contributed by atoms with van der Waals surface area (Å²) in [7, 11) is 0. The summed E-state index contributed by atoms with van der Waals surface area (Å²) >= 11 is 3.36. The second kappa shape index (κ2) is 3.07. The maximum atomic E-state index is 11.3. The van der Waals surface area contributed by atoms with Crippen LogP contribution in [0.1, 0.15) is 18.4 Å². The molecular weight excluding hydrogens is 272 g/mol. The van der Waals surface area contributed by atoms with Gasteiger partial charge in [-0.25, -0.2) is 0 Å². The maximum absolute atomic E-state index is 11.3. The average Bonchev–Trinajstić information content (AvgIpc) is 3.00. The molecule has 4 nitrogen and oxygen atoms in total. The Morgan fingerprint density at radius 1 is 1.50 bits per heavy atom. The van der Waals surface area contributed by atoms with E-state index in [0.29, 0.717) is 12.8 Å². The topological polar surface area (TPSA) is 66.0 Å². The van der Waals surface area contributed by atoms with Crippen molar-refractivity contribution in [3.05, 3.63) is 28.4 Å². The Balaban J connectivity index is 2.29. The standard InChI is InChI=1S/C11H9BrN2O2/c12-9-6-2-1-3-7(8(6)13-14-9)11(4-5-11)10(15)16/h1-3H,4-5H2,(H,13,14)(H,15,16). The van der Waals surface area contributed by atoms with Crippen LogP contribution in [0.25, 0.3) is 10.9 Å². The molecule has 5 heteroatoms. The van der Waals surface area contributed by atoms with Crippen LogP contribution >= 0.6 is 15.9 Å². The number of benzene rings is 1. The molecule has 3 rings (SSSR count). The van der Waals surface area contributed by atoms with Crippen molar-refractivity contribution in [1.29, 1.82) is 0 Å². The second-order valence-corrected chi connectivity index (χ2v) is 4.92. The second-order valence-electron chi connectivity index (χ2n) is 4.13. The number of nitrogens with one attached hydrogen (secondary N) is 1. The van der Waals surface area contributed by atoms with E-state index in [-0.39, 0.29) is 0 Å². The summed E-state index contributed by atoms with van der Waals surface area (Å²) in [6, 6.07) is 5.65. The van der Waals surface area contributed by atoms with Crippen molar-refractivity contribution in [1.82, 2.24) is 10.2 Å². The van der Waals surface area contributed by atoms with Crippen LogP contribution in [0, 0.1) is 0 Å². The first-order chi connectivity index (χ1) is 7.65. The number of carboxylic acid groups (broad SMARTS) is 1. The molecule has 0 saturated heterocycles. The van der Waals surface area contributed by atoms with Gasteiger partial charge in [0, 0.05) is 5.39 Å². The fourth-order valence-electron chi connectivity index (χ4n) is 2.12. The molecule has 16 heavy (non-hydrogen) atoms. The van der Waals surface area contributed by atoms with Gasteiger partial charge in [-0.05, 0) is 34.3 Å². The summed E-state index contributed by atoms with van der Waals surface area (Å²) in [6.45, 7) is 0. The predicted octanol–water partition coefficient (Wildman–Crippen LogP) is 2.44. The third-order valence-electron chi connectivity index (χ3n) is 3.21. The van der Waals surface area contributed by atoms with E-state index in [1.165, 1.54) is 0 Å². The van der Waals surface area contributed by atoms with Gasteiger partial charge in [0.15, 0.2) is 0 Å². The van der Waals surface area contributed by atoms with Crippen molar-refractivity contribution in [2.24, 2.45) is 0 Å². The fourth-order valence-corrected chi connectivity index (χ4v) is 2.52. The number of aromatic amines is 1. The highest BCUT2D eigenvalue weighted by molar-refractivity contribution is 9.10. The molecule has 0 radical (unpaired) electrons. The number of aliphatic carboxylic acids is 1. The Morgan fingerprint density at radius 2 is 2.25 bits per heavy atom. The van der Waals surface area contributed by atoms with Crippen molar-refractivity contribution >= 4 is 32.8 Å². The minimum Gasteiger partial charge on any atom is -0.481 e. The molecule has 0 spiro atoms. The van der Waals surface area contributed by atoms with Crippen LogP contribution in [0.2, 0.25) is 0 Å². The van der Waals surface area contributed by atoms with Crippen molar-refractivity contribution < 1.29 is 9.90 Å². The third-order valence-corrected chi connectivity index (χ3v) is 3.82. The van der Waals surface area contributed by atoms with Gasteiger partial charge < -0.3 is 5.11 Å². The first-order valence-corrected chi connectivity index (χ1v) is 5.81. The van der Waals surface area contributed by atoms with Crippen LogP contribution in [0.4, 0.5) is 0 Å². The lowest BCUT2D eigenvalue weighted by Crippen LogP contribution is -2.19. The molecule has 1 heterocycles. The number of halogens is 1. The molecule has 0 bridgehead atoms. The van der Waals surface area contributed by atoms with E-state index in [1.54, 1.807) is 0 Å². The van der Waals surface area contributed by atoms with E-state index in [1.807, 2.05) is 18.2 Å². The lowest BCUT2D eigenvalue weighted by molar-refractivity contribution is -0.140. The number of aromatic nitrogens is 2. The SMILES string of the molecule is O=C(O)C1(c2cccc3c(Br)[nH]nc23)CC1. The van der Waals surface area contributed by atoms with Crippen LogP contribution in [-0.4, -0.2) is 21.3 Å². The highest BCUT2D eigenvalue weighted by Gasteiger charge is 2.53. The number of fused-ring (bicyclic) bond motifs is 1. The molecule has 1 aromatic carbocycles. The number of nitrogens with zero attached hydrogens (tertiary/aromatic N) is 1. The van der Waals surface area contributed by atoms with E-state index in [2.05, 4.69) is 26.1 Å². The Bertz CT molecular complexity index is 587. The Hall–Kier alpha value is -1.36. The minimum atomic E-state index is -0.751. The number of H-pyrrole nitrogens is 1. The summed E-state index contributed by atoms with van der Waals surface area (Å²) in [6.07, 6.45) is 1.40. The zero-order valence-electron chi connectivity index (χ0n) is 8.33. The maximum Gasteiger partial charge on any atom is 0.314 e. The van der Waals surface area contributed by atoms with Gasteiger partial charge >= 0.3 is 5.97 Å². The zero-order chi connectivity index (χ0) is 11.3. The summed E-state index contributed by atoms with van der Waals surface area (Å²) < 4.78 is 0.797. The summed E-state index contributed by atoms with van der Waals surface area (Å²) in [5, 5.41) is 17.2. The summed E-state index contributed by atoms with van der Waals surface area (Å²) in [4.78, 5) is 11.3. The molecule has 2 aromatic rings. The van der Waals surface area contributed by atoms with Gasteiger partial charge in [-0.2, -0.15) is 5.10 Å². The molecule has 0 atom stereocenters. The van der Waals surface area contributed by atoms with Crippen molar-refractivity contribution in [3.8, 4) is 0 Å². The molecule has 1 aliphatic carbocycles. The number of hydrogen-bond donors (Lipinski definition) is 2. The lowest BCUT2D eigenvalue weighted by atomic mass is 9.94. The van der Waals surface area contributed by atoms with Gasteiger partial charge in [-0.1, -0.05) is 18.2 Å². The van der Waals surface area contributed by atoms with Crippen LogP contribution in [-0.2, 0) is 10.2 Å². The van der Waals surface area contributed by atoms with E-state index < -0.39 is 11.4 Å². The molecule has 1 fully saturated rings. The van der Waals surface area contributed by atoms with Crippen LogP contribution in [0.15, 0.2) is 22.8 Å². The smallest absolute Gasteiger partial charge is 0.314 e. The Labute approximate surface area is 99.8 Å². The van der Waals surface area contributed by atoms with E-state index >= 15 is 0 Å². The first kappa shape index (κ1) is 9.84.